The lowest BCUT2D eigenvalue weighted by atomic mass is 9.94. The molecule has 9 heteroatoms. The van der Waals surface area contributed by atoms with E-state index < -0.39 is 0 Å². The number of carbonyl (C=O) groups excluding carboxylic acids is 2. The molecule has 0 spiro atoms. The van der Waals surface area contributed by atoms with Crippen LogP contribution in [0.4, 0.5) is 5.13 Å². The Kier molecular flexibility index (Phi) is 5.66. The molecule has 3 aromatic heterocycles. The van der Waals surface area contributed by atoms with Gasteiger partial charge in [0.25, 0.3) is 5.91 Å². The van der Waals surface area contributed by atoms with Gasteiger partial charge in [0.2, 0.25) is 0 Å². The van der Waals surface area contributed by atoms with Crippen molar-refractivity contribution in [2.24, 2.45) is 5.92 Å². The van der Waals surface area contributed by atoms with Crippen LogP contribution in [0.2, 0.25) is 0 Å². The third-order valence-electron chi connectivity index (χ3n) is 5.28. The maximum atomic E-state index is 13.2. The van der Waals surface area contributed by atoms with Crippen LogP contribution in [0.25, 0.3) is 17.1 Å². The van der Waals surface area contributed by atoms with E-state index in [1.165, 1.54) is 23.8 Å². The van der Waals surface area contributed by atoms with Crippen LogP contribution in [0.3, 0.4) is 0 Å². The Bertz CT molecular complexity index is 1220. The van der Waals surface area contributed by atoms with E-state index in [0.717, 1.165) is 5.69 Å². The number of ketones is 1. The van der Waals surface area contributed by atoms with Gasteiger partial charge in [-0.1, -0.05) is 29.5 Å². The highest BCUT2D eigenvalue weighted by Crippen LogP contribution is 2.35. The number of hydrogen-bond acceptors (Lipinski definition) is 7. The van der Waals surface area contributed by atoms with Crippen LogP contribution in [0.1, 0.15) is 32.9 Å². The van der Waals surface area contributed by atoms with Crippen LogP contribution in [0, 0.1) is 5.92 Å². The average Bonchev–Trinajstić information content (AvgIpc) is 3.60. The average molecular weight is 449 g/mol. The Morgan fingerprint density at radius 3 is 2.66 bits per heavy atom. The molecule has 1 fully saturated rings. The van der Waals surface area contributed by atoms with Gasteiger partial charge in [-0.2, -0.15) is 5.10 Å². The fourth-order valence-corrected chi connectivity index (χ4v) is 4.58. The third kappa shape index (κ3) is 4.12. The molecular formula is C23H20N4O4S. The Balaban J connectivity index is 1.40. The zero-order valence-corrected chi connectivity index (χ0v) is 17.9. The van der Waals surface area contributed by atoms with Crippen molar-refractivity contribution in [3.8, 4) is 17.1 Å². The molecular weight excluding hydrogens is 428 g/mol. The second kappa shape index (κ2) is 8.89. The Labute approximate surface area is 187 Å². The normalized spacial score (nSPS) is 14.4. The van der Waals surface area contributed by atoms with Gasteiger partial charge in [0.05, 0.1) is 23.7 Å². The molecule has 8 nitrogen and oxygen atoms in total. The second-order valence-electron chi connectivity index (χ2n) is 7.39. The number of para-hydroxylation sites is 1. The molecule has 1 aliphatic rings. The minimum absolute atomic E-state index is 0.00889. The van der Waals surface area contributed by atoms with Gasteiger partial charge in [-0.15, -0.1) is 0 Å². The summed E-state index contributed by atoms with van der Waals surface area (Å²) in [5, 5.41) is 7.40. The summed E-state index contributed by atoms with van der Waals surface area (Å²) in [6.45, 7) is 1.14. The molecule has 162 valence electrons. The summed E-state index contributed by atoms with van der Waals surface area (Å²) in [5.74, 6) is 0.0335. The van der Waals surface area contributed by atoms with E-state index in [4.69, 9.17) is 9.15 Å². The molecule has 32 heavy (non-hydrogen) atoms. The third-order valence-corrected chi connectivity index (χ3v) is 6.27. The Morgan fingerprint density at radius 2 is 1.91 bits per heavy atom. The first-order chi connectivity index (χ1) is 15.7. The number of aromatic nitrogens is 3. The minimum atomic E-state index is -0.350. The Hall–Kier alpha value is -3.56. The lowest BCUT2D eigenvalue weighted by molar-refractivity contribution is 0.0547. The van der Waals surface area contributed by atoms with Crippen molar-refractivity contribution in [1.29, 1.82) is 0 Å². The van der Waals surface area contributed by atoms with Crippen molar-refractivity contribution in [2.45, 2.75) is 12.8 Å². The first kappa shape index (κ1) is 20.3. The molecule has 0 atom stereocenters. The number of carbonyl (C=O) groups is 2. The highest BCUT2D eigenvalue weighted by atomic mass is 32.1. The van der Waals surface area contributed by atoms with E-state index in [0.29, 0.717) is 53.1 Å². The summed E-state index contributed by atoms with van der Waals surface area (Å²) < 4.78 is 12.5. The van der Waals surface area contributed by atoms with Crippen molar-refractivity contribution < 1.29 is 18.7 Å². The number of amides is 1. The zero-order valence-electron chi connectivity index (χ0n) is 17.1. The fourth-order valence-electron chi connectivity index (χ4n) is 3.60. The molecule has 0 unspecified atom stereocenters. The molecule has 4 heterocycles. The minimum Gasteiger partial charge on any atom is -0.463 e. The maximum absolute atomic E-state index is 13.2. The lowest BCUT2D eigenvalue weighted by Gasteiger charge is -2.20. The van der Waals surface area contributed by atoms with E-state index in [1.54, 1.807) is 23.0 Å². The zero-order chi connectivity index (χ0) is 21.9. The molecule has 1 aliphatic heterocycles. The molecule has 1 N–H and O–H groups in total. The van der Waals surface area contributed by atoms with Crippen LogP contribution in [0.5, 0.6) is 0 Å². The van der Waals surface area contributed by atoms with Gasteiger partial charge >= 0.3 is 0 Å². The number of nitrogens with zero attached hydrogens (tertiary/aromatic N) is 3. The van der Waals surface area contributed by atoms with Gasteiger partial charge in [-0.3, -0.25) is 14.9 Å². The highest BCUT2D eigenvalue weighted by molar-refractivity contribution is 7.18. The summed E-state index contributed by atoms with van der Waals surface area (Å²) in [6.07, 6.45) is 6.04. The van der Waals surface area contributed by atoms with E-state index >= 15 is 0 Å². The molecule has 5 rings (SSSR count). The van der Waals surface area contributed by atoms with Crippen molar-refractivity contribution in [2.75, 3.05) is 18.5 Å². The number of benzene rings is 1. The molecule has 0 bridgehead atoms. The number of furan rings is 1. The summed E-state index contributed by atoms with van der Waals surface area (Å²) in [5.41, 5.74) is 1.69. The van der Waals surface area contributed by atoms with Crippen molar-refractivity contribution in [3.63, 3.8) is 0 Å². The largest absolute Gasteiger partial charge is 0.463 e. The number of ether oxygens (including phenoxy) is 1. The summed E-state index contributed by atoms with van der Waals surface area (Å²) in [7, 11) is 0. The summed E-state index contributed by atoms with van der Waals surface area (Å²) in [6, 6.07) is 13.0. The molecule has 0 radical (unpaired) electrons. The number of hydrogen-bond donors (Lipinski definition) is 1. The van der Waals surface area contributed by atoms with Gasteiger partial charge in [0, 0.05) is 25.3 Å². The van der Waals surface area contributed by atoms with Gasteiger partial charge in [0.1, 0.15) is 10.6 Å². The summed E-state index contributed by atoms with van der Waals surface area (Å²) >= 11 is 1.17. The molecule has 0 saturated carbocycles. The van der Waals surface area contributed by atoms with E-state index in [-0.39, 0.29) is 17.6 Å². The van der Waals surface area contributed by atoms with Crippen molar-refractivity contribution in [1.82, 2.24) is 14.8 Å². The predicted molar refractivity (Wildman–Crippen MR) is 119 cm³/mol. The molecule has 1 aromatic carbocycles. The van der Waals surface area contributed by atoms with Gasteiger partial charge in [-0.25, -0.2) is 9.67 Å². The number of nitrogens with one attached hydrogen (secondary N) is 1. The quantitative estimate of drug-likeness (QED) is 0.438. The molecule has 1 amide bonds. The van der Waals surface area contributed by atoms with E-state index in [2.05, 4.69) is 15.4 Å². The number of thiazole rings is 1. The predicted octanol–water partition coefficient (Wildman–Crippen LogP) is 4.45. The first-order valence-corrected chi connectivity index (χ1v) is 11.1. The van der Waals surface area contributed by atoms with Crippen molar-refractivity contribution in [3.05, 3.63) is 71.6 Å². The monoisotopic (exact) mass is 448 g/mol. The number of rotatable bonds is 6. The van der Waals surface area contributed by atoms with E-state index in [1.807, 2.05) is 30.3 Å². The summed E-state index contributed by atoms with van der Waals surface area (Å²) in [4.78, 5) is 31.0. The second-order valence-corrected chi connectivity index (χ2v) is 8.39. The standard InChI is InChI=1S/C23H20N4O4S/c28-20(15-8-11-30-12-9-15)21-19(18-7-4-10-31-18)25-23(32-21)26-22(29)16-13-24-27(14-16)17-5-2-1-3-6-17/h1-7,10,13-15H,8-9,11-12H2,(H,25,26,29). The fraction of sp³-hybridized carbons (Fsp3) is 0.217. The van der Waals surface area contributed by atoms with Crippen LogP contribution in [0.15, 0.2) is 65.5 Å². The Morgan fingerprint density at radius 1 is 1.09 bits per heavy atom. The number of Topliss-reactive ketones (excluding diaryl/α,β-unsaturated/α-hetero) is 1. The van der Waals surface area contributed by atoms with Gasteiger partial charge < -0.3 is 9.15 Å². The smallest absolute Gasteiger partial charge is 0.260 e. The van der Waals surface area contributed by atoms with Crippen LogP contribution in [-0.4, -0.2) is 39.7 Å². The molecule has 1 saturated heterocycles. The van der Waals surface area contributed by atoms with Gasteiger partial charge in [0.15, 0.2) is 16.7 Å². The van der Waals surface area contributed by atoms with Crippen LogP contribution >= 0.6 is 11.3 Å². The lowest BCUT2D eigenvalue weighted by Crippen LogP contribution is -2.23. The first-order valence-electron chi connectivity index (χ1n) is 10.3. The molecule has 4 aromatic rings. The van der Waals surface area contributed by atoms with Gasteiger partial charge in [-0.05, 0) is 37.1 Å². The maximum Gasteiger partial charge on any atom is 0.260 e. The van der Waals surface area contributed by atoms with E-state index in [9.17, 15) is 9.59 Å². The van der Waals surface area contributed by atoms with Crippen LogP contribution < -0.4 is 5.32 Å². The number of anilines is 1. The topological polar surface area (TPSA) is 99.2 Å². The van der Waals surface area contributed by atoms with Crippen LogP contribution in [-0.2, 0) is 4.74 Å². The SMILES string of the molecule is O=C(Nc1nc(-c2ccco2)c(C(=O)C2CCOCC2)s1)c1cnn(-c2ccccc2)c1. The molecule has 0 aliphatic carbocycles. The van der Waals surface area contributed by atoms with Crippen molar-refractivity contribution >= 4 is 28.2 Å². The highest BCUT2D eigenvalue weighted by Gasteiger charge is 2.29.